The predicted octanol–water partition coefficient (Wildman–Crippen LogP) is 3.06. The molecule has 1 aromatic carbocycles. The molecule has 1 aromatic rings. The van der Waals surface area contributed by atoms with Crippen LogP contribution >= 0.6 is 15.9 Å². The van der Waals surface area contributed by atoms with Gasteiger partial charge in [-0.25, -0.2) is 0 Å². The first-order chi connectivity index (χ1) is 10.3. The topological polar surface area (TPSA) is 44.7 Å². The molecule has 0 unspecified atom stereocenters. The molecule has 0 amide bonds. The third kappa shape index (κ3) is 3.85. The summed E-state index contributed by atoms with van der Waals surface area (Å²) in [5, 5.41) is 12.9. The van der Waals surface area contributed by atoms with Crippen LogP contribution in [-0.4, -0.2) is 49.0 Å². The van der Waals surface area contributed by atoms with E-state index in [0.29, 0.717) is 26.2 Å². The van der Waals surface area contributed by atoms with Gasteiger partial charge in [0.15, 0.2) is 11.5 Å². The van der Waals surface area contributed by atoms with E-state index < -0.39 is 12.2 Å². The van der Waals surface area contributed by atoms with Crippen LogP contribution in [0.5, 0.6) is 11.5 Å². The normalized spacial score (nSPS) is 18.2. The molecular weight excluding hydrogens is 365 g/mol. The third-order valence-electron chi connectivity index (χ3n) is 3.49. The molecule has 1 heterocycles. The maximum atomic E-state index is 13.6. The number of nitrogens with zero attached hydrogens (tertiary/aromatic N) is 1. The van der Waals surface area contributed by atoms with Crippen LogP contribution in [0.3, 0.4) is 0 Å². The van der Waals surface area contributed by atoms with Crippen molar-refractivity contribution in [2.75, 3.05) is 32.8 Å². The Balaban J connectivity index is 2.42. The Morgan fingerprint density at radius 2 is 2.00 bits per heavy atom. The summed E-state index contributed by atoms with van der Waals surface area (Å²) in [5.74, 6) is -0.136. The number of ether oxygens (including phenoxy) is 1. The van der Waals surface area contributed by atoms with Gasteiger partial charge in [0.25, 0.3) is 0 Å². The Labute approximate surface area is 135 Å². The molecule has 1 saturated heterocycles. The van der Waals surface area contributed by atoms with E-state index >= 15 is 0 Å². The Morgan fingerprint density at radius 1 is 1.36 bits per heavy atom. The van der Waals surface area contributed by atoms with Gasteiger partial charge in [0.1, 0.15) is 6.04 Å². The Hall–Kier alpha value is -0.990. The Bertz CT molecular complexity index is 520. The van der Waals surface area contributed by atoms with E-state index in [0.717, 1.165) is 0 Å². The van der Waals surface area contributed by atoms with E-state index in [1.165, 1.54) is 17.0 Å². The van der Waals surface area contributed by atoms with Crippen LogP contribution in [0.15, 0.2) is 16.6 Å². The van der Waals surface area contributed by atoms with Gasteiger partial charge >= 0.3 is 6.18 Å². The van der Waals surface area contributed by atoms with Crippen molar-refractivity contribution in [3.63, 3.8) is 0 Å². The van der Waals surface area contributed by atoms with Gasteiger partial charge in [0, 0.05) is 26.2 Å². The molecule has 0 saturated carbocycles. The molecule has 1 atom stereocenters. The SMILES string of the molecule is CCOc1cc([C@H](N2CCNCC2)C(F)(F)F)cc(Br)c1O. The van der Waals surface area contributed by atoms with Crippen LogP contribution in [0, 0.1) is 0 Å². The molecule has 2 N–H and O–H groups in total. The number of piperazine rings is 1. The number of aromatic hydroxyl groups is 1. The number of alkyl halides is 3. The van der Waals surface area contributed by atoms with Gasteiger partial charge in [-0.2, -0.15) is 13.2 Å². The van der Waals surface area contributed by atoms with Crippen molar-refractivity contribution in [3.8, 4) is 11.5 Å². The molecule has 0 bridgehead atoms. The van der Waals surface area contributed by atoms with Crippen molar-refractivity contribution in [1.82, 2.24) is 10.2 Å². The lowest BCUT2D eigenvalue weighted by Gasteiger charge is -2.36. The van der Waals surface area contributed by atoms with E-state index in [2.05, 4.69) is 21.2 Å². The second-order valence-electron chi connectivity index (χ2n) is 5.01. The number of rotatable bonds is 4. The summed E-state index contributed by atoms with van der Waals surface area (Å²) in [6.07, 6.45) is -4.41. The first kappa shape index (κ1) is 17.4. The largest absolute Gasteiger partial charge is 0.503 e. The van der Waals surface area contributed by atoms with Gasteiger partial charge in [-0.1, -0.05) is 0 Å². The maximum absolute atomic E-state index is 13.6. The number of hydrogen-bond donors (Lipinski definition) is 2. The lowest BCUT2D eigenvalue weighted by Crippen LogP contribution is -2.49. The zero-order valence-electron chi connectivity index (χ0n) is 12.1. The van der Waals surface area contributed by atoms with Gasteiger partial charge in [0.05, 0.1) is 11.1 Å². The van der Waals surface area contributed by atoms with Crippen molar-refractivity contribution >= 4 is 15.9 Å². The van der Waals surface area contributed by atoms with Gasteiger partial charge in [-0.15, -0.1) is 0 Å². The highest BCUT2D eigenvalue weighted by Gasteiger charge is 2.45. The van der Waals surface area contributed by atoms with Crippen molar-refractivity contribution in [2.45, 2.75) is 19.1 Å². The van der Waals surface area contributed by atoms with Crippen molar-refractivity contribution in [2.24, 2.45) is 0 Å². The number of phenols is 1. The fourth-order valence-corrected chi connectivity index (χ4v) is 3.02. The minimum absolute atomic E-state index is 0.0521. The number of nitrogens with one attached hydrogen (secondary N) is 1. The average molecular weight is 383 g/mol. The number of hydrogen-bond acceptors (Lipinski definition) is 4. The predicted molar refractivity (Wildman–Crippen MR) is 80.2 cm³/mol. The van der Waals surface area contributed by atoms with E-state index in [4.69, 9.17) is 4.74 Å². The average Bonchev–Trinajstić information content (AvgIpc) is 2.44. The van der Waals surface area contributed by atoms with Crippen molar-refractivity contribution in [1.29, 1.82) is 0 Å². The van der Waals surface area contributed by atoms with Crippen LogP contribution in [-0.2, 0) is 0 Å². The molecule has 1 aliphatic rings. The molecule has 8 heteroatoms. The summed E-state index contributed by atoms with van der Waals surface area (Å²) < 4.78 is 46.1. The first-order valence-corrected chi connectivity index (χ1v) is 7.80. The number of halogens is 4. The van der Waals surface area contributed by atoms with Crippen molar-refractivity contribution < 1.29 is 23.0 Å². The zero-order chi connectivity index (χ0) is 16.3. The highest BCUT2D eigenvalue weighted by Crippen LogP contribution is 2.43. The highest BCUT2D eigenvalue weighted by molar-refractivity contribution is 9.10. The summed E-state index contributed by atoms with van der Waals surface area (Å²) >= 11 is 3.10. The van der Waals surface area contributed by atoms with Crippen molar-refractivity contribution in [3.05, 3.63) is 22.2 Å². The van der Waals surface area contributed by atoms with Crippen LogP contribution in [0.2, 0.25) is 0 Å². The van der Waals surface area contributed by atoms with Gasteiger partial charge in [0.2, 0.25) is 0 Å². The molecule has 124 valence electrons. The second kappa shape index (κ2) is 7.06. The van der Waals surface area contributed by atoms with Gasteiger partial charge in [-0.05, 0) is 40.5 Å². The maximum Gasteiger partial charge on any atom is 0.408 e. The van der Waals surface area contributed by atoms with E-state index in [9.17, 15) is 18.3 Å². The Morgan fingerprint density at radius 3 is 2.55 bits per heavy atom. The van der Waals surface area contributed by atoms with E-state index in [1.807, 2.05) is 0 Å². The first-order valence-electron chi connectivity index (χ1n) is 7.01. The summed E-state index contributed by atoms with van der Waals surface area (Å²) in [4.78, 5) is 1.39. The minimum atomic E-state index is -4.41. The molecule has 0 aliphatic carbocycles. The Kier molecular flexibility index (Phi) is 5.57. The third-order valence-corrected chi connectivity index (χ3v) is 4.10. The molecule has 0 radical (unpaired) electrons. The van der Waals surface area contributed by atoms with Crippen LogP contribution in [0.1, 0.15) is 18.5 Å². The van der Waals surface area contributed by atoms with Crippen LogP contribution in [0.4, 0.5) is 13.2 Å². The summed E-state index contributed by atoms with van der Waals surface area (Å²) in [6, 6.07) is 0.854. The lowest BCUT2D eigenvalue weighted by molar-refractivity contribution is -0.187. The highest BCUT2D eigenvalue weighted by atomic mass is 79.9. The molecule has 0 aromatic heterocycles. The van der Waals surface area contributed by atoms with Gasteiger partial charge < -0.3 is 15.2 Å². The fraction of sp³-hybridized carbons (Fsp3) is 0.571. The smallest absolute Gasteiger partial charge is 0.408 e. The summed E-state index contributed by atoms with van der Waals surface area (Å²) in [6.45, 7) is 3.62. The zero-order valence-corrected chi connectivity index (χ0v) is 13.7. The molecule has 22 heavy (non-hydrogen) atoms. The quantitative estimate of drug-likeness (QED) is 0.839. The molecular formula is C14H18BrF3N2O2. The minimum Gasteiger partial charge on any atom is -0.503 e. The molecule has 0 spiro atoms. The molecule has 1 fully saturated rings. The molecule has 2 rings (SSSR count). The number of phenolic OH excluding ortho intramolecular Hbond substituents is 1. The lowest BCUT2D eigenvalue weighted by atomic mass is 10.0. The summed E-state index contributed by atoms with van der Waals surface area (Å²) in [7, 11) is 0. The number of benzene rings is 1. The molecule has 4 nitrogen and oxygen atoms in total. The van der Waals surface area contributed by atoms with Crippen LogP contribution in [0.25, 0.3) is 0 Å². The van der Waals surface area contributed by atoms with E-state index in [-0.39, 0.29) is 28.1 Å². The second-order valence-corrected chi connectivity index (χ2v) is 5.87. The molecule has 1 aliphatic heterocycles. The fourth-order valence-electron chi connectivity index (χ4n) is 2.56. The standard InChI is InChI=1S/C14H18BrF3N2O2/c1-2-22-11-8-9(7-10(15)12(11)21)13(14(16,17)18)20-5-3-19-4-6-20/h7-8,13,19,21H,2-6H2,1H3/t13-/m0/s1. The van der Waals surface area contributed by atoms with Gasteiger partial charge in [-0.3, -0.25) is 4.90 Å². The van der Waals surface area contributed by atoms with Crippen LogP contribution < -0.4 is 10.1 Å². The summed E-state index contributed by atoms with van der Waals surface area (Å²) in [5.41, 5.74) is 0.0579. The monoisotopic (exact) mass is 382 g/mol. The van der Waals surface area contributed by atoms with E-state index in [1.54, 1.807) is 6.92 Å².